The van der Waals surface area contributed by atoms with Gasteiger partial charge in [-0.2, -0.15) is 0 Å². The van der Waals surface area contributed by atoms with Gasteiger partial charge in [0.25, 0.3) is 11.6 Å². The topological polar surface area (TPSA) is 195 Å². The van der Waals surface area contributed by atoms with Gasteiger partial charge < -0.3 is 26.2 Å². The highest BCUT2D eigenvalue weighted by atomic mass is 32.2. The van der Waals surface area contributed by atoms with Crippen LogP contribution in [0, 0.1) is 0 Å². The lowest BCUT2D eigenvalue weighted by molar-refractivity contribution is -0.192. The van der Waals surface area contributed by atoms with E-state index < -0.39 is 40.3 Å². The highest BCUT2D eigenvalue weighted by molar-refractivity contribution is 8.01. The van der Waals surface area contributed by atoms with E-state index in [9.17, 15) is 24.3 Å². The molecule has 0 aromatic carbocycles. The van der Waals surface area contributed by atoms with Crippen LogP contribution in [0.4, 0.5) is 4.79 Å². The molecule has 1 fully saturated rings. The molecule has 1 unspecified atom stereocenters. The number of aryl methyl sites for hydroxylation is 1. The molecule has 0 aliphatic carbocycles. The molecule has 0 radical (unpaired) electrons. The number of tetrazole rings is 1. The van der Waals surface area contributed by atoms with Gasteiger partial charge >= 0.3 is 12.0 Å². The van der Waals surface area contributed by atoms with Crippen LogP contribution in [0.25, 0.3) is 0 Å². The van der Waals surface area contributed by atoms with Crippen molar-refractivity contribution < 1.29 is 29.0 Å². The first-order valence-corrected chi connectivity index (χ1v) is 12.5. The summed E-state index contributed by atoms with van der Waals surface area (Å²) in [5.41, 5.74) is 3.76. The number of ether oxygens (including phenoxy) is 1. The smallest absolute Gasteiger partial charge is 0.352 e. The fraction of sp³-hybridized carbons (Fsp3) is 0.562. The zero-order valence-electron chi connectivity index (χ0n) is 17.8. The maximum absolute atomic E-state index is 13.1. The van der Waals surface area contributed by atoms with Crippen molar-refractivity contribution in [3.05, 3.63) is 11.3 Å². The molecule has 17 heteroatoms. The Morgan fingerprint density at radius 1 is 1.45 bits per heavy atom. The van der Waals surface area contributed by atoms with Crippen LogP contribution in [0.3, 0.4) is 0 Å². The van der Waals surface area contributed by atoms with E-state index in [1.807, 2.05) is 0 Å². The molecule has 180 valence electrons. The van der Waals surface area contributed by atoms with Gasteiger partial charge in [-0.1, -0.05) is 11.8 Å². The van der Waals surface area contributed by atoms with Crippen molar-refractivity contribution in [3.63, 3.8) is 0 Å². The Balaban J connectivity index is 1.71. The lowest BCUT2D eigenvalue weighted by Crippen LogP contribution is -2.80. The first-order valence-electron chi connectivity index (χ1n) is 9.40. The Morgan fingerprint density at radius 2 is 2.18 bits per heavy atom. The molecule has 0 saturated carbocycles. The van der Waals surface area contributed by atoms with Crippen LogP contribution >= 0.6 is 35.3 Å². The number of nitrogens with one attached hydrogen (secondary N) is 2. The molecule has 3 atom stereocenters. The number of aliphatic carboxylic acids is 1. The van der Waals surface area contributed by atoms with Gasteiger partial charge in [-0.25, -0.2) is 14.3 Å². The third kappa shape index (κ3) is 5.04. The second kappa shape index (κ2) is 10.2. The SMILES string of the molecule is CO[C@@]1(NC(=O)CSC(C)NC(N)=O)C(=O)N2C(C(=O)O)=C(CSc3nnnn3C)CS[C@@H]21. The van der Waals surface area contributed by atoms with Crippen molar-refractivity contribution in [2.24, 2.45) is 12.8 Å². The number of fused-ring (bicyclic) bond motifs is 1. The number of nitrogens with zero attached hydrogens (tertiary/aromatic N) is 5. The van der Waals surface area contributed by atoms with Crippen molar-refractivity contribution >= 4 is 59.1 Å². The van der Waals surface area contributed by atoms with Gasteiger partial charge in [0.05, 0.1) is 11.1 Å². The summed E-state index contributed by atoms with van der Waals surface area (Å²) in [6.07, 6.45) is 0. The minimum Gasteiger partial charge on any atom is -0.477 e. The number of hydrogen-bond acceptors (Lipinski definition) is 11. The minimum absolute atomic E-state index is 0.0769. The molecule has 3 heterocycles. The van der Waals surface area contributed by atoms with E-state index in [4.69, 9.17) is 10.5 Å². The van der Waals surface area contributed by atoms with E-state index in [0.29, 0.717) is 16.5 Å². The van der Waals surface area contributed by atoms with Gasteiger partial charge in [0.15, 0.2) is 0 Å². The number of carboxylic acids is 1. The highest BCUT2D eigenvalue weighted by Gasteiger charge is 2.66. The minimum atomic E-state index is -1.68. The summed E-state index contributed by atoms with van der Waals surface area (Å²) in [7, 11) is 2.94. The summed E-state index contributed by atoms with van der Waals surface area (Å²) < 4.78 is 6.86. The first-order chi connectivity index (χ1) is 15.6. The Labute approximate surface area is 200 Å². The van der Waals surface area contributed by atoms with E-state index >= 15 is 0 Å². The number of aromatic nitrogens is 4. The van der Waals surface area contributed by atoms with E-state index in [0.717, 1.165) is 16.7 Å². The van der Waals surface area contributed by atoms with Gasteiger partial charge in [0.2, 0.25) is 11.1 Å². The average molecular weight is 519 g/mol. The molecule has 3 rings (SSSR count). The summed E-state index contributed by atoms with van der Waals surface area (Å²) in [5.74, 6) is -1.93. The maximum atomic E-state index is 13.1. The van der Waals surface area contributed by atoms with Gasteiger partial charge in [0, 0.05) is 25.7 Å². The summed E-state index contributed by atoms with van der Waals surface area (Å²) in [4.78, 5) is 49.6. The number of primary amides is 1. The lowest BCUT2D eigenvalue weighted by atomic mass is 9.98. The van der Waals surface area contributed by atoms with Gasteiger partial charge in [-0.3, -0.25) is 14.5 Å². The Hall–Kier alpha value is -2.50. The number of nitrogens with two attached hydrogens (primary N) is 1. The molecular formula is C16H22N8O6S3. The molecule has 4 amide bonds. The van der Waals surface area contributed by atoms with Crippen LogP contribution in [0.5, 0.6) is 0 Å². The lowest BCUT2D eigenvalue weighted by Gasteiger charge is -2.55. The van der Waals surface area contributed by atoms with Crippen LogP contribution in [-0.2, 0) is 26.2 Å². The fourth-order valence-electron chi connectivity index (χ4n) is 3.24. The average Bonchev–Trinajstić information content (AvgIpc) is 3.17. The van der Waals surface area contributed by atoms with Crippen LogP contribution < -0.4 is 16.4 Å². The molecule has 1 aromatic heterocycles. The Bertz CT molecular complexity index is 1000. The number of amides is 4. The molecule has 0 spiro atoms. The summed E-state index contributed by atoms with van der Waals surface area (Å²) in [6.45, 7) is 1.66. The van der Waals surface area contributed by atoms with E-state index in [1.54, 1.807) is 14.0 Å². The molecular weight excluding hydrogens is 496 g/mol. The standard InChI is InChI=1S/C16H22N8O6S3/c1-7(18-14(17)29)31-6-9(25)19-16(30-3)12(28)24-10(11(26)27)8(4-32-13(16)24)5-33-15-20-21-22-23(15)2/h7,13H,4-6H2,1-3H3,(H,19,25)(H,26,27)(H3,17,18,29)/t7?,13-,16+/m1/s1. The molecule has 14 nitrogen and oxygen atoms in total. The molecule has 1 aromatic rings. The summed E-state index contributed by atoms with van der Waals surface area (Å²) in [6, 6.07) is -0.718. The zero-order chi connectivity index (χ0) is 24.3. The largest absolute Gasteiger partial charge is 0.477 e. The van der Waals surface area contributed by atoms with Crippen LogP contribution in [0.1, 0.15) is 6.92 Å². The maximum Gasteiger partial charge on any atom is 0.352 e. The number of carbonyl (C=O) groups excluding carboxylic acids is 3. The van der Waals surface area contributed by atoms with Gasteiger partial charge in [0.1, 0.15) is 11.1 Å². The van der Waals surface area contributed by atoms with Crippen LogP contribution in [0.15, 0.2) is 16.4 Å². The molecule has 1 saturated heterocycles. The number of carbonyl (C=O) groups is 4. The van der Waals surface area contributed by atoms with Gasteiger partial charge in [-0.05, 0) is 22.9 Å². The number of β-lactam (4-membered cyclic amide) rings is 1. The summed E-state index contributed by atoms with van der Waals surface area (Å²) >= 11 is 3.64. The number of carboxylic acid groups (broad SMARTS) is 1. The summed E-state index contributed by atoms with van der Waals surface area (Å²) in [5, 5.41) is 25.3. The number of urea groups is 1. The third-order valence-electron chi connectivity index (χ3n) is 4.73. The Kier molecular flexibility index (Phi) is 7.76. The number of thioether (sulfide) groups is 3. The molecule has 0 bridgehead atoms. The predicted molar refractivity (Wildman–Crippen MR) is 120 cm³/mol. The number of rotatable bonds is 10. The fourth-order valence-corrected chi connectivity index (χ4v) is 6.34. The normalized spacial score (nSPS) is 22.9. The van der Waals surface area contributed by atoms with Crippen molar-refractivity contribution in [2.45, 2.75) is 28.6 Å². The van der Waals surface area contributed by atoms with E-state index in [1.165, 1.54) is 35.3 Å². The quantitative estimate of drug-likeness (QED) is 0.164. The van der Waals surface area contributed by atoms with E-state index in [-0.39, 0.29) is 17.2 Å². The second-order valence-corrected chi connectivity index (χ2v) is 10.3. The predicted octanol–water partition coefficient (Wildman–Crippen LogP) is -1.24. The monoisotopic (exact) mass is 518 g/mol. The van der Waals surface area contributed by atoms with Crippen molar-refractivity contribution in [1.29, 1.82) is 0 Å². The first kappa shape index (κ1) is 25.1. The Morgan fingerprint density at radius 3 is 2.76 bits per heavy atom. The second-order valence-electron chi connectivity index (χ2n) is 6.92. The molecule has 2 aliphatic rings. The van der Waals surface area contributed by atoms with Crippen LogP contribution in [0.2, 0.25) is 0 Å². The molecule has 2 aliphatic heterocycles. The van der Waals surface area contributed by atoms with Crippen molar-refractivity contribution in [1.82, 2.24) is 35.7 Å². The van der Waals surface area contributed by atoms with Crippen molar-refractivity contribution in [2.75, 3.05) is 24.4 Å². The highest BCUT2D eigenvalue weighted by Crippen LogP contribution is 2.47. The van der Waals surface area contributed by atoms with E-state index in [2.05, 4.69) is 26.2 Å². The third-order valence-corrected chi connectivity index (χ3v) is 8.24. The van der Waals surface area contributed by atoms with Crippen LogP contribution in [-0.4, -0.2) is 94.9 Å². The van der Waals surface area contributed by atoms with Crippen molar-refractivity contribution in [3.8, 4) is 0 Å². The zero-order valence-corrected chi connectivity index (χ0v) is 20.3. The molecule has 5 N–H and O–H groups in total. The van der Waals surface area contributed by atoms with Gasteiger partial charge in [-0.15, -0.1) is 28.6 Å². The number of methoxy groups -OCH3 is 1. The molecule has 33 heavy (non-hydrogen) atoms. The number of hydrogen-bond donors (Lipinski definition) is 4.